The second-order valence-electron chi connectivity index (χ2n) is 4.73. The van der Waals surface area contributed by atoms with E-state index in [9.17, 15) is 0 Å². The number of hydrogen-bond donors (Lipinski definition) is 2. The van der Waals surface area contributed by atoms with E-state index in [4.69, 9.17) is 0 Å². The van der Waals surface area contributed by atoms with Crippen molar-refractivity contribution >= 4 is 11.6 Å². The van der Waals surface area contributed by atoms with Gasteiger partial charge in [0.15, 0.2) is 0 Å². The van der Waals surface area contributed by atoms with E-state index >= 15 is 0 Å². The van der Waals surface area contributed by atoms with Gasteiger partial charge in [-0.25, -0.2) is 9.97 Å². The summed E-state index contributed by atoms with van der Waals surface area (Å²) >= 11 is 0. The van der Waals surface area contributed by atoms with Crippen molar-refractivity contribution in [3.63, 3.8) is 0 Å². The van der Waals surface area contributed by atoms with Crippen molar-refractivity contribution in [3.8, 4) is 0 Å². The van der Waals surface area contributed by atoms with Crippen LogP contribution >= 0.6 is 0 Å². The van der Waals surface area contributed by atoms with Gasteiger partial charge in [0.1, 0.15) is 11.6 Å². The Kier molecular flexibility index (Phi) is 3.65. The van der Waals surface area contributed by atoms with Gasteiger partial charge in [0.05, 0.1) is 6.20 Å². The molecule has 0 radical (unpaired) electrons. The summed E-state index contributed by atoms with van der Waals surface area (Å²) in [5.41, 5.74) is 1.33. The molecule has 5 nitrogen and oxygen atoms in total. The highest BCUT2D eigenvalue weighted by Gasteiger charge is 2.15. The van der Waals surface area contributed by atoms with Crippen LogP contribution in [0.25, 0.3) is 0 Å². The summed E-state index contributed by atoms with van der Waals surface area (Å²) in [5, 5.41) is 6.62. The van der Waals surface area contributed by atoms with Crippen LogP contribution in [-0.4, -0.2) is 28.0 Å². The number of hydrogen-bond acceptors (Lipinski definition) is 5. The monoisotopic (exact) mass is 255 g/mol. The van der Waals surface area contributed by atoms with Gasteiger partial charge in [0, 0.05) is 25.1 Å². The summed E-state index contributed by atoms with van der Waals surface area (Å²) < 4.78 is 0. The molecule has 98 valence electrons. The third-order valence-corrected chi connectivity index (χ3v) is 3.37. The summed E-state index contributed by atoms with van der Waals surface area (Å²) in [7, 11) is 0. The molecule has 0 bridgehead atoms. The fourth-order valence-corrected chi connectivity index (χ4v) is 2.40. The fourth-order valence-electron chi connectivity index (χ4n) is 2.40. The van der Waals surface area contributed by atoms with Crippen molar-refractivity contribution in [1.82, 2.24) is 20.3 Å². The lowest BCUT2D eigenvalue weighted by Gasteiger charge is -2.23. The molecule has 0 saturated carbocycles. The number of pyridine rings is 1. The van der Waals surface area contributed by atoms with Gasteiger partial charge in [-0.15, -0.1) is 0 Å². The quantitative estimate of drug-likeness (QED) is 0.879. The molecule has 0 aliphatic carbocycles. The molecule has 0 aromatic carbocycles. The minimum Gasteiger partial charge on any atom is -0.324 e. The summed E-state index contributed by atoms with van der Waals surface area (Å²) in [6.07, 6.45) is 9.33. The van der Waals surface area contributed by atoms with Crippen LogP contribution in [0.5, 0.6) is 0 Å². The predicted molar refractivity (Wildman–Crippen MR) is 74.4 cm³/mol. The van der Waals surface area contributed by atoms with Crippen molar-refractivity contribution in [3.05, 3.63) is 42.5 Å². The normalized spacial score (nSPS) is 19.1. The second-order valence-corrected chi connectivity index (χ2v) is 4.73. The maximum atomic E-state index is 4.33. The number of piperidine rings is 1. The Balaban J connectivity index is 1.76. The first-order valence-electron chi connectivity index (χ1n) is 6.61. The van der Waals surface area contributed by atoms with Crippen LogP contribution in [-0.2, 0) is 0 Å². The average Bonchev–Trinajstić information content (AvgIpc) is 2.49. The molecular weight excluding hydrogens is 238 g/mol. The van der Waals surface area contributed by atoms with Crippen LogP contribution in [0.3, 0.4) is 0 Å². The van der Waals surface area contributed by atoms with Crippen molar-refractivity contribution < 1.29 is 0 Å². The molecule has 3 heterocycles. The molecule has 1 atom stereocenters. The lowest BCUT2D eigenvalue weighted by molar-refractivity contribution is 0.461. The van der Waals surface area contributed by atoms with Gasteiger partial charge in [-0.3, -0.25) is 4.98 Å². The van der Waals surface area contributed by atoms with Crippen molar-refractivity contribution in [2.45, 2.75) is 18.8 Å². The van der Waals surface area contributed by atoms with Gasteiger partial charge >= 0.3 is 0 Å². The third kappa shape index (κ3) is 3.06. The van der Waals surface area contributed by atoms with Crippen LogP contribution in [0, 0.1) is 0 Å². The topological polar surface area (TPSA) is 62.7 Å². The molecule has 2 N–H and O–H groups in total. The number of anilines is 2. The van der Waals surface area contributed by atoms with E-state index in [2.05, 4.69) is 37.7 Å². The SMILES string of the molecule is c1cnc(Nc2cc(C3CCCNC3)ccn2)cn1. The maximum absolute atomic E-state index is 4.33. The van der Waals surface area contributed by atoms with Crippen LogP contribution < -0.4 is 10.6 Å². The van der Waals surface area contributed by atoms with Crippen LogP contribution in [0.1, 0.15) is 24.3 Å². The molecule has 1 saturated heterocycles. The number of rotatable bonds is 3. The van der Waals surface area contributed by atoms with Gasteiger partial charge in [0.2, 0.25) is 0 Å². The Morgan fingerprint density at radius 3 is 2.89 bits per heavy atom. The van der Waals surface area contributed by atoms with Gasteiger partial charge in [-0.05, 0) is 43.0 Å². The van der Waals surface area contributed by atoms with E-state index in [1.165, 1.54) is 18.4 Å². The molecule has 19 heavy (non-hydrogen) atoms. The van der Waals surface area contributed by atoms with Gasteiger partial charge in [0.25, 0.3) is 0 Å². The molecule has 1 aliphatic rings. The molecule has 0 amide bonds. The molecule has 0 spiro atoms. The summed E-state index contributed by atoms with van der Waals surface area (Å²) in [6.45, 7) is 2.18. The Morgan fingerprint density at radius 1 is 1.16 bits per heavy atom. The Labute approximate surface area is 112 Å². The van der Waals surface area contributed by atoms with Gasteiger partial charge < -0.3 is 10.6 Å². The zero-order valence-corrected chi connectivity index (χ0v) is 10.7. The van der Waals surface area contributed by atoms with E-state index in [1.54, 1.807) is 18.6 Å². The van der Waals surface area contributed by atoms with E-state index in [0.717, 1.165) is 18.9 Å². The summed E-state index contributed by atoms with van der Waals surface area (Å²) in [4.78, 5) is 12.6. The van der Waals surface area contributed by atoms with Crippen molar-refractivity contribution in [2.75, 3.05) is 18.4 Å². The van der Waals surface area contributed by atoms with Crippen molar-refractivity contribution in [2.24, 2.45) is 0 Å². The Morgan fingerprint density at radius 2 is 2.11 bits per heavy atom. The largest absolute Gasteiger partial charge is 0.324 e. The van der Waals surface area contributed by atoms with Crippen LogP contribution in [0.2, 0.25) is 0 Å². The van der Waals surface area contributed by atoms with E-state index in [0.29, 0.717) is 11.7 Å². The highest BCUT2D eigenvalue weighted by molar-refractivity contribution is 5.51. The van der Waals surface area contributed by atoms with Gasteiger partial charge in [-0.1, -0.05) is 0 Å². The molecule has 3 rings (SSSR count). The molecular formula is C14H17N5. The molecule has 2 aromatic heterocycles. The smallest absolute Gasteiger partial charge is 0.150 e. The standard InChI is InChI=1S/C14H17N5/c1-2-12(9-15-4-1)11-3-5-17-13(8-11)19-14-10-16-6-7-18-14/h3,5-8,10,12,15H,1-2,4,9H2,(H,17,18,19). The Bertz CT molecular complexity index is 522. The molecule has 1 aliphatic heterocycles. The number of nitrogens with one attached hydrogen (secondary N) is 2. The summed E-state index contributed by atoms with van der Waals surface area (Å²) in [6, 6.07) is 4.20. The second kappa shape index (κ2) is 5.75. The van der Waals surface area contributed by atoms with E-state index < -0.39 is 0 Å². The van der Waals surface area contributed by atoms with Crippen molar-refractivity contribution in [1.29, 1.82) is 0 Å². The van der Waals surface area contributed by atoms with E-state index in [1.807, 2.05) is 6.20 Å². The highest BCUT2D eigenvalue weighted by Crippen LogP contribution is 2.24. The lowest BCUT2D eigenvalue weighted by atomic mass is 9.92. The third-order valence-electron chi connectivity index (χ3n) is 3.37. The van der Waals surface area contributed by atoms with Gasteiger partial charge in [-0.2, -0.15) is 0 Å². The summed E-state index contributed by atoms with van der Waals surface area (Å²) in [5.74, 6) is 2.12. The number of nitrogens with zero attached hydrogens (tertiary/aromatic N) is 3. The zero-order valence-electron chi connectivity index (χ0n) is 10.7. The van der Waals surface area contributed by atoms with Crippen LogP contribution in [0.4, 0.5) is 11.6 Å². The molecule has 5 heteroatoms. The number of aromatic nitrogens is 3. The highest BCUT2D eigenvalue weighted by atomic mass is 15.1. The van der Waals surface area contributed by atoms with E-state index in [-0.39, 0.29) is 0 Å². The minimum absolute atomic E-state index is 0.583. The minimum atomic E-state index is 0.583. The average molecular weight is 255 g/mol. The fraction of sp³-hybridized carbons (Fsp3) is 0.357. The maximum Gasteiger partial charge on any atom is 0.150 e. The lowest BCUT2D eigenvalue weighted by Crippen LogP contribution is -2.28. The molecule has 2 aromatic rings. The first kappa shape index (κ1) is 12.0. The Hall–Kier alpha value is -2.01. The first-order chi connectivity index (χ1) is 9.42. The zero-order chi connectivity index (χ0) is 12.9. The van der Waals surface area contributed by atoms with Crippen LogP contribution in [0.15, 0.2) is 36.9 Å². The first-order valence-corrected chi connectivity index (χ1v) is 6.61. The predicted octanol–water partition coefficient (Wildman–Crippen LogP) is 2.08. The molecule has 1 fully saturated rings. The molecule has 1 unspecified atom stereocenters.